The molecule has 1 aromatic carbocycles. The number of aliphatic hydroxyl groups excluding tert-OH is 2. The highest BCUT2D eigenvalue weighted by Crippen LogP contribution is 2.45. The fourth-order valence-electron chi connectivity index (χ4n) is 3.99. The van der Waals surface area contributed by atoms with Crippen molar-refractivity contribution in [3.63, 3.8) is 0 Å². The van der Waals surface area contributed by atoms with E-state index < -0.39 is 6.10 Å². The van der Waals surface area contributed by atoms with Crippen molar-refractivity contribution in [3.8, 4) is 0 Å². The Kier molecular flexibility index (Phi) is 3.03. The van der Waals surface area contributed by atoms with Crippen molar-refractivity contribution in [1.29, 1.82) is 0 Å². The molecular formula is C15H17BrN2O3. The quantitative estimate of drug-likeness (QED) is 0.722. The van der Waals surface area contributed by atoms with Crippen LogP contribution < -0.4 is 10.2 Å². The van der Waals surface area contributed by atoms with Gasteiger partial charge < -0.3 is 20.4 Å². The van der Waals surface area contributed by atoms with Gasteiger partial charge in [-0.05, 0) is 53.7 Å². The summed E-state index contributed by atoms with van der Waals surface area (Å²) >= 11 is 3.58. The molecule has 1 aromatic rings. The largest absolute Gasteiger partial charge is 0.393 e. The molecule has 0 saturated carbocycles. The third kappa shape index (κ3) is 2.00. The Morgan fingerprint density at radius 3 is 2.52 bits per heavy atom. The molecule has 4 rings (SSSR count). The topological polar surface area (TPSA) is 72.8 Å². The number of benzene rings is 1. The molecule has 5 nitrogen and oxygen atoms in total. The van der Waals surface area contributed by atoms with Crippen molar-refractivity contribution in [2.45, 2.75) is 50.0 Å². The highest BCUT2D eigenvalue weighted by Gasteiger charge is 2.41. The lowest BCUT2D eigenvalue weighted by Crippen LogP contribution is -2.45. The summed E-state index contributed by atoms with van der Waals surface area (Å²) in [6, 6.07) is 4.49. The Labute approximate surface area is 131 Å². The van der Waals surface area contributed by atoms with Gasteiger partial charge in [0, 0.05) is 27.8 Å². The number of anilines is 2. The molecule has 3 aliphatic rings. The number of hydrogen-bond donors (Lipinski definition) is 3. The molecule has 2 saturated heterocycles. The summed E-state index contributed by atoms with van der Waals surface area (Å²) in [6.07, 6.45) is 2.52. The summed E-state index contributed by atoms with van der Waals surface area (Å²) in [5, 5.41) is 22.5. The first kappa shape index (κ1) is 13.5. The Bertz CT molecular complexity index is 607. The van der Waals surface area contributed by atoms with Crippen LogP contribution in [0.4, 0.5) is 11.4 Å². The van der Waals surface area contributed by atoms with Crippen molar-refractivity contribution in [2.24, 2.45) is 0 Å². The maximum Gasteiger partial charge on any atom is 0.257 e. The van der Waals surface area contributed by atoms with E-state index in [1.165, 1.54) is 0 Å². The summed E-state index contributed by atoms with van der Waals surface area (Å²) in [6.45, 7) is 0. The Morgan fingerprint density at radius 1 is 1.19 bits per heavy atom. The van der Waals surface area contributed by atoms with Crippen molar-refractivity contribution in [1.82, 2.24) is 0 Å². The first-order valence-electron chi connectivity index (χ1n) is 7.33. The van der Waals surface area contributed by atoms with Crippen LogP contribution in [0.1, 0.15) is 37.4 Å². The number of fused-ring (bicyclic) bond motifs is 3. The smallest absolute Gasteiger partial charge is 0.257 e. The van der Waals surface area contributed by atoms with E-state index in [-0.39, 0.29) is 12.0 Å². The SMILES string of the molecule is O=C1Nc2cc(N3C4CCC3CC(O)C4)c(Br)cc2C1O. The van der Waals surface area contributed by atoms with Crippen LogP contribution in [0, 0.1) is 0 Å². The number of aliphatic hydroxyl groups is 2. The fourth-order valence-corrected chi connectivity index (χ4v) is 4.56. The van der Waals surface area contributed by atoms with Crippen LogP contribution in [-0.4, -0.2) is 34.3 Å². The normalized spacial score (nSPS) is 34.0. The van der Waals surface area contributed by atoms with E-state index >= 15 is 0 Å². The van der Waals surface area contributed by atoms with E-state index in [1.54, 1.807) is 0 Å². The maximum atomic E-state index is 11.6. The number of carbonyl (C=O) groups excluding carboxylic acids is 1. The highest BCUT2D eigenvalue weighted by atomic mass is 79.9. The number of piperidine rings is 1. The molecule has 0 aliphatic carbocycles. The van der Waals surface area contributed by atoms with E-state index in [1.807, 2.05) is 12.1 Å². The summed E-state index contributed by atoms with van der Waals surface area (Å²) in [4.78, 5) is 14.0. The monoisotopic (exact) mass is 352 g/mol. The molecule has 6 heteroatoms. The second-order valence-corrected chi connectivity index (χ2v) is 7.05. The van der Waals surface area contributed by atoms with Crippen LogP contribution in [0.15, 0.2) is 16.6 Å². The van der Waals surface area contributed by atoms with E-state index in [0.29, 0.717) is 23.3 Å². The van der Waals surface area contributed by atoms with Gasteiger partial charge in [-0.25, -0.2) is 0 Å². The molecule has 3 atom stereocenters. The van der Waals surface area contributed by atoms with E-state index in [4.69, 9.17) is 0 Å². The van der Waals surface area contributed by atoms with Gasteiger partial charge in [0.2, 0.25) is 0 Å². The molecule has 0 radical (unpaired) electrons. The number of nitrogens with one attached hydrogen (secondary N) is 1. The zero-order valence-electron chi connectivity index (χ0n) is 11.4. The standard InChI is InChI=1S/C15H17BrN2O3/c16-11-5-10-12(17-15(21)14(10)20)6-13(11)18-7-1-2-8(18)4-9(19)3-7/h5-9,14,19-20H,1-4H2,(H,17,21). The van der Waals surface area contributed by atoms with Crippen LogP contribution in [-0.2, 0) is 4.79 Å². The van der Waals surface area contributed by atoms with Gasteiger partial charge >= 0.3 is 0 Å². The summed E-state index contributed by atoms with van der Waals surface area (Å²) in [7, 11) is 0. The molecule has 3 heterocycles. The first-order chi connectivity index (χ1) is 10.0. The minimum atomic E-state index is -1.08. The number of halogens is 1. The van der Waals surface area contributed by atoms with Crippen LogP contribution in [0.3, 0.4) is 0 Å². The van der Waals surface area contributed by atoms with Gasteiger partial charge in [0.15, 0.2) is 6.10 Å². The van der Waals surface area contributed by atoms with E-state index in [9.17, 15) is 15.0 Å². The number of carbonyl (C=O) groups is 1. The minimum absolute atomic E-state index is 0.200. The molecule has 0 spiro atoms. The molecule has 112 valence electrons. The highest BCUT2D eigenvalue weighted by molar-refractivity contribution is 9.10. The number of amides is 1. The number of nitrogens with zero attached hydrogens (tertiary/aromatic N) is 1. The Balaban J connectivity index is 1.74. The third-order valence-electron chi connectivity index (χ3n) is 4.91. The minimum Gasteiger partial charge on any atom is -0.393 e. The predicted octanol–water partition coefficient (Wildman–Crippen LogP) is 1.93. The zero-order valence-corrected chi connectivity index (χ0v) is 13.0. The predicted molar refractivity (Wildman–Crippen MR) is 82.3 cm³/mol. The molecule has 2 bridgehead atoms. The van der Waals surface area contributed by atoms with Crippen LogP contribution in [0.25, 0.3) is 0 Å². The van der Waals surface area contributed by atoms with Crippen LogP contribution in [0.5, 0.6) is 0 Å². The van der Waals surface area contributed by atoms with Gasteiger partial charge in [-0.2, -0.15) is 0 Å². The Hall–Kier alpha value is -1.11. The first-order valence-corrected chi connectivity index (χ1v) is 8.12. The molecular weight excluding hydrogens is 336 g/mol. The van der Waals surface area contributed by atoms with Gasteiger partial charge in [0.05, 0.1) is 11.8 Å². The maximum absolute atomic E-state index is 11.6. The lowest BCUT2D eigenvalue weighted by molar-refractivity contribution is -0.123. The summed E-state index contributed by atoms with van der Waals surface area (Å²) in [5.74, 6) is -0.369. The van der Waals surface area contributed by atoms with Crippen molar-refractivity contribution in [2.75, 3.05) is 10.2 Å². The van der Waals surface area contributed by atoms with Gasteiger partial charge in [0.1, 0.15) is 0 Å². The molecule has 3 aliphatic heterocycles. The zero-order chi connectivity index (χ0) is 14.7. The lowest BCUT2D eigenvalue weighted by atomic mass is 9.98. The molecule has 3 N–H and O–H groups in total. The molecule has 3 unspecified atom stereocenters. The summed E-state index contributed by atoms with van der Waals surface area (Å²) < 4.78 is 0.894. The van der Waals surface area contributed by atoms with Gasteiger partial charge in [0.25, 0.3) is 5.91 Å². The molecule has 21 heavy (non-hydrogen) atoms. The molecule has 1 amide bonds. The second kappa shape index (κ2) is 4.69. The van der Waals surface area contributed by atoms with Crippen LogP contribution in [0.2, 0.25) is 0 Å². The second-order valence-electron chi connectivity index (χ2n) is 6.20. The molecule has 0 aromatic heterocycles. The molecule has 2 fully saturated rings. The average Bonchev–Trinajstić information content (AvgIpc) is 2.85. The van der Waals surface area contributed by atoms with E-state index in [0.717, 1.165) is 35.8 Å². The fraction of sp³-hybridized carbons (Fsp3) is 0.533. The van der Waals surface area contributed by atoms with E-state index in [2.05, 4.69) is 26.1 Å². The third-order valence-corrected chi connectivity index (χ3v) is 5.54. The van der Waals surface area contributed by atoms with Gasteiger partial charge in [-0.15, -0.1) is 0 Å². The lowest BCUT2D eigenvalue weighted by Gasteiger charge is -2.39. The summed E-state index contributed by atoms with van der Waals surface area (Å²) in [5.41, 5.74) is 2.36. The average molecular weight is 353 g/mol. The van der Waals surface area contributed by atoms with Gasteiger partial charge in [-0.3, -0.25) is 4.79 Å². The van der Waals surface area contributed by atoms with Crippen molar-refractivity contribution >= 4 is 33.2 Å². The number of hydrogen-bond acceptors (Lipinski definition) is 4. The van der Waals surface area contributed by atoms with Crippen molar-refractivity contribution in [3.05, 3.63) is 22.2 Å². The van der Waals surface area contributed by atoms with Gasteiger partial charge in [-0.1, -0.05) is 0 Å². The number of rotatable bonds is 1. The Morgan fingerprint density at radius 2 is 1.86 bits per heavy atom. The van der Waals surface area contributed by atoms with Crippen molar-refractivity contribution < 1.29 is 15.0 Å². The van der Waals surface area contributed by atoms with Crippen LogP contribution >= 0.6 is 15.9 Å².